The number of anilines is 2. The zero-order chi connectivity index (χ0) is 22.2. The van der Waals surface area contributed by atoms with Crippen molar-refractivity contribution in [1.29, 1.82) is 0 Å². The number of aryl methyl sites for hydroxylation is 1. The molecule has 2 aromatic rings. The maximum absolute atomic E-state index is 12.4. The van der Waals surface area contributed by atoms with Gasteiger partial charge in [-0.15, -0.1) is 0 Å². The van der Waals surface area contributed by atoms with Gasteiger partial charge in [0.05, 0.1) is 7.11 Å². The summed E-state index contributed by atoms with van der Waals surface area (Å²) in [6.45, 7) is 10.2. The Morgan fingerprint density at radius 2 is 1.90 bits per heavy atom. The van der Waals surface area contributed by atoms with Gasteiger partial charge in [-0.1, -0.05) is 18.7 Å². The third kappa shape index (κ3) is 6.12. The van der Waals surface area contributed by atoms with Crippen LogP contribution in [0.15, 0.2) is 55.1 Å². The molecule has 3 rings (SSSR count). The summed E-state index contributed by atoms with van der Waals surface area (Å²) >= 11 is 0. The molecule has 1 fully saturated rings. The predicted molar refractivity (Wildman–Crippen MR) is 127 cm³/mol. The molecule has 0 atom stereocenters. The van der Waals surface area contributed by atoms with E-state index in [-0.39, 0.29) is 5.91 Å². The molecule has 0 saturated carbocycles. The summed E-state index contributed by atoms with van der Waals surface area (Å²) < 4.78 is 10.9. The smallest absolute Gasteiger partial charge is 0.248 e. The van der Waals surface area contributed by atoms with E-state index in [0.29, 0.717) is 18.1 Å². The van der Waals surface area contributed by atoms with Crippen LogP contribution in [0, 0.1) is 6.92 Å². The van der Waals surface area contributed by atoms with Crippen LogP contribution in [0.25, 0.3) is 6.08 Å². The average Bonchev–Trinajstić information content (AvgIpc) is 2.78. The number of nitrogens with one attached hydrogen (secondary N) is 1. The highest BCUT2D eigenvalue weighted by Gasteiger charge is 2.15. The number of ether oxygens (including phenoxy) is 2. The molecule has 0 spiro atoms. The summed E-state index contributed by atoms with van der Waals surface area (Å²) in [6.07, 6.45) is 4.95. The van der Waals surface area contributed by atoms with Gasteiger partial charge in [-0.3, -0.25) is 4.79 Å². The van der Waals surface area contributed by atoms with Crippen LogP contribution < -0.4 is 19.7 Å². The van der Waals surface area contributed by atoms with Crippen molar-refractivity contribution in [3.63, 3.8) is 0 Å². The minimum Gasteiger partial charge on any atom is -0.493 e. The highest BCUT2D eigenvalue weighted by Crippen LogP contribution is 2.28. The summed E-state index contributed by atoms with van der Waals surface area (Å²) in [7, 11) is 3.74. The number of amides is 1. The Labute approximate surface area is 184 Å². The lowest BCUT2D eigenvalue weighted by atomic mass is 10.1. The van der Waals surface area contributed by atoms with Crippen LogP contribution in [0.1, 0.15) is 11.1 Å². The Morgan fingerprint density at radius 1 is 1.13 bits per heavy atom. The first-order valence-corrected chi connectivity index (χ1v) is 10.4. The second-order valence-corrected chi connectivity index (χ2v) is 7.62. The van der Waals surface area contributed by atoms with Gasteiger partial charge < -0.3 is 24.6 Å². The van der Waals surface area contributed by atoms with Crippen LogP contribution in [0.2, 0.25) is 0 Å². The van der Waals surface area contributed by atoms with Crippen LogP contribution >= 0.6 is 0 Å². The Hall–Kier alpha value is -3.25. The first-order valence-electron chi connectivity index (χ1n) is 10.4. The first-order chi connectivity index (χ1) is 15.0. The molecule has 1 heterocycles. The fourth-order valence-electron chi connectivity index (χ4n) is 3.45. The molecule has 164 valence electrons. The van der Waals surface area contributed by atoms with Crippen molar-refractivity contribution < 1.29 is 14.3 Å². The second kappa shape index (κ2) is 10.7. The summed E-state index contributed by atoms with van der Waals surface area (Å²) in [4.78, 5) is 17.2. The second-order valence-electron chi connectivity index (χ2n) is 7.62. The number of piperazine rings is 1. The fourth-order valence-corrected chi connectivity index (χ4v) is 3.45. The Morgan fingerprint density at radius 3 is 2.58 bits per heavy atom. The number of carbonyl (C=O) groups excluding carboxylic acids is 1. The largest absolute Gasteiger partial charge is 0.493 e. The van der Waals surface area contributed by atoms with Gasteiger partial charge in [0.2, 0.25) is 5.91 Å². The Bertz CT molecular complexity index is 947. The number of benzene rings is 2. The maximum Gasteiger partial charge on any atom is 0.248 e. The topological polar surface area (TPSA) is 54.0 Å². The molecule has 0 aliphatic carbocycles. The monoisotopic (exact) mass is 421 g/mol. The van der Waals surface area contributed by atoms with Gasteiger partial charge in [-0.2, -0.15) is 0 Å². The minimum atomic E-state index is -0.179. The molecule has 6 heteroatoms. The zero-order valence-corrected chi connectivity index (χ0v) is 18.6. The molecule has 2 aromatic carbocycles. The number of hydrogen-bond acceptors (Lipinski definition) is 5. The van der Waals surface area contributed by atoms with Crippen molar-refractivity contribution in [1.82, 2.24) is 4.90 Å². The Kier molecular flexibility index (Phi) is 7.73. The van der Waals surface area contributed by atoms with E-state index in [2.05, 4.69) is 40.9 Å². The van der Waals surface area contributed by atoms with E-state index in [1.54, 1.807) is 19.3 Å². The summed E-state index contributed by atoms with van der Waals surface area (Å²) in [5.74, 6) is 1.07. The van der Waals surface area contributed by atoms with E-state index >= 15 is 0 Å². The molecule has 1 saturated heterocycles. The van der Waals surface area contributed by atoms with Gasteiger partial charge in [-0.25, -0.2) is 0 Å². The molecule has 1 N–H and O–H groups in total. The van der Waals surface area contributed by atoms with Crippen LogP contribution in [-0.4, -0.2) is 57.8 Å². The quantitative estimate of drug-likeness (QED) is 0.516. The van der Waals surface area contributed by atoms with Crippen LogP contribution in [0.4, 0.5) is 11.4 Å². The van der Waals surface area contributed by atoms with Crippen molar-refractivity contribution in [2.24, 2.45) is 0 Å². The van der Waals surface area contributed by atoms with Gasteiger partial charge in [0, 0.05) is 43.6 Å². The van der Waals surface area contributed by atoms with Crippen molar-refractivity contribution >= 4 is 23.4 Å². The molecular formula is C25H31N3O3. The lowest BCUT2D eigenvalue weighted by molar-refractivity contribution is -0.111. The van der Waals surface area contributed by atoms with Crippen molar-refractivity contribution in [2.75, 3.05) is 57.2 Å². The summed E-state index contributed by atoms with van der Waals surface area (Å²) in [6, 6.07) is 11.7. The van der Waals surface area contributed by atoms with Gasteiger partial charge in [0.15, 0.2) is 11.5 Å². The fraction of sp³-hybridized carbons (Fsp3) is 0.320. The number of rotatable bonds is 8. The summed E-state index contributed by atoms with van der Waals surface area (Å²) in [5.41, 5.74) is 3.91. The van der Waals surface area contributed by atoms with Crippen LogP contribution in [-0.2, 0) is 4.79 Å². The van der Waals surface area contributed by atoms with E-state index in [0.717, 1.165) is 43.0 Å². The van der Waals surface area contributed by atoms with Crippen LogP contribution in [0.3, 0.4) is 0 Å². The first kappa shape index (κ1) is 22.4. The third-order valence-corrected chi connectivity index (χ3v) is 5.31. The van der Waals surface area contributed by atoms with Crippen LogP contribution in [0.5, 0.6) is 11.5 Å². The van der Waals surface area contributed by atoms with E-state index < -0.39 is 0 Å². The standard InChI is InChI=1S/C25H31N3O3/c1-5-16-31-23-10-6-20(18-24(23)30-4)7-11-25(29)26-22-9-8-21(17-19(22)2)28-14-12-27(3)13-15-28/h5-11,17-18H,1,12-16H2,2-4H3,(H,26,29)/b11-7+. The molecule has 0 bridgehead atoms. The van der Waals surface area contributed by atoms with E-state index in [1.807, 2.05) is 31.2 Å². The average molecular weight is 422 g/mol. The van der Waals surface area contributed by atoms with E-state index in [9.17, 15) is 4.79 Å². The van der Waals surface area contributed by atoms with Crippen molar-refractivity contribution in [2.45, 2.75) is 6.92 Å². The minimum absolute atomic E-state index is 0.179. The highest BCUT2D eigenvalue weighted by atomic mass is 16.5. The number of hydrogen-bond donors (Lipinski definition) is 1. The molecule has 0 aromatic heterocycles. The van der Waals surface area contributed by atoms with E-state index in [4.69, 9.17) is 9.47 Å². The molecule has 1 aliphatic rings. The highest BCUT2D eigenvalue weighted by molar-refractivity contribution is 6.02. The number of methoxy groups -OCH3 is 1. The third-order valence-electron chi connectivity index (χ3n) is 5.31. The van der Waals surface area contributed by atoms with Gasteiger partial charge in [0.1, 0.15) is 6.61 Å². The van der Waals surface area contributed by atoms with Crippen molar-refractivity contribution in [3.8, 4) is 11.5 Å². The molecule has 1 amide bonds. The molecule has 0 unspecified atom stereocenters. The molecule has 0 radical (unpaired) electrons. The predicted octanol–water partition coefficient (Wildman–Crippen LogP) is 3.97. The molecule has 1 aliphatic heterocycles. The van der Waals surface area contributed by atoms with Gasteiger partial charge in [0.25, 0.3) is 0 Å². The number of carbonyl (C=O) groups is 1. The van der Waals surface area contributed by atoms with Gasteiger partial charge in [-0.05, 0) is 61.5 Å². The molecule has 6 nitrogen and oxygen atoms in total. The van der Waals surface area contributed by atoms with Crippen molar-refractivity contribution in [3.05, 3.63) is 66.3 Å². The SMILES string of the molecule is C=CCOc1ccc(/C=C/C(=O)Nc2ccc(N3CCN(C)CC3)cc2C)cc1OC. The normalized spacial score (nSPS) is 14.5. The zero-order valence-electron chi connectivity index (χ0n) is 18.6. The van der Waals surface area contributed by atoms with Gasteiger partial charge >= 0.3 is 0 Å². The molecule has 31 heavy (non-hydrogen) atoms. The maximum atomic E-state index is 12.4. The number of nitrogens with zero attached hydrogens (tertiary/aromatic N) is 2. The molecular weight excluding hydrogens is 390 g/mol. The number of likely N-dealkylation sites (N-methyl/N-ethyl adjacent to an activating group) is 1. The lowest BCUT2D eigenvalue weighted by Gasteiger charge is -2.34. The Balaban J connectivity index is 1.62. The van der Waals surface area contributed by atoms with E-state index in [1.165, 1.54) is 11.8 Å². The lowest BCUT2D eigenvalue weighted by Crippen LogP contribution is -2.44. The summed E-state index contributed by atoms with van der Waals surface area (Å²) in [5, 5.41) is 2.97.